The predicted molar refractivity (Wildman–Crippen MR) is 76.5 cm³/mol. The molecule has 3 nitrogen and oxygen atoms in total. The summed E-state index contributed by atoms with van der Waals surface area (Å²) in [6.07, 6.45) is 3.34. The molecule has 0 N–H and O–H groups in total. The van der Waals surface area contributed by atoms with Crippen LogP contribution in [0.5, 0.6) is 5.75 Å². The van der Waals surface area contributed by atoms with Crippen LogP contribution in [-0.4, -0.2) is 19.2 Å². The Morgan fingerprint density at radius 3 is 2.63 bits per heavy atom. The van der Waals surface area contributed by atoms with Gasteiger partial charge in [-0.3, -0.25) is 4.79 Å². The predicted octanol–water partition coefficient (Wildman–Crippen LogP) is 3.81. The van der Waals surface area contributed by atoms with Gasteiger partial charge in [-0.25, -0.2) is 0 Å². The molecule has 0 radical (unpaired) electrons. The average Bonchev–Trinajstić information content (AvgIpc) is 2.36. The Labute approximate surface area is 115 Å². The van der Waals surface area contributed by atoms with Crippen LogP contribution in [0, 0.1) is 13.8 Å². The fourth-order valence-corrected chi connectivity index (χ4v) is 1.92. The number of hydrogen-bond acceptors (Lipinski definition) is 3. The van der Waals surface area contributed by atoms with Crippen molar-refractivity contribution in [1.29, 1.82) is 0 Å². The minimum atomic E-state index is -0.0993. The summed E-state index contributed by atoms with van der Waals surface area (Å²) in [7, 11) is 0. The molecule has 0 atom stereocenters. The van der Waals surface area contributed by atoms with Gasteiger partial charge in [-0.2, -0.15) is 0 Å². The van der Waals surface area contributed by atoms with Crippen LogP contribution in [0.4, 0.5) is 0 Å². The molecule has 0 saturated carbocycles. The molecule has 0 amide bonds. The topological polar surface area (TPSA) is 35.5 Å². The largest absolute Gasteiger partial charge is 0.493 e. The maximum absolute atomic E-state index is 11.1. The van der Waals surface area contributed by atoms with Gasteiger partial charge >= 0.3 is 5.97 Å². The Hall–Kier alpha value is -1.51. The molecule has 1 rings (SSSR count). The van der Waals surface area contributed by atoms with E-state index in [9.17, 15) is 4.79 Å². The van der Waals surface area contributed by atoms with Crippen LogP contribution in [0.25, 0.3) is 0 Å². The molecule has 0 unspecified atom stereocenters. The van der Waals surface area contributed by atoms with Crippen LogP contribution in [0.2, 0.25) is 0 Å². The highest BCUT2D eigenvalue weighted by molar-refractivity contribution is 5.69. The molecule has 0 saturated heterocycles. The van der Waals surface area contributed by atoms with E-state index in [4.69, 9.17) is 9.47 Å². The van der Waals surface area contributed by atoms with Crippen molar-refractivity contribution >= 4 is 5.97 Å². The summed E-state index contributed by atoms with van der Waals surface area (Å²) in [6, 6.07) is 6.20. The Morgan fingerprint density at radius 1 is 1.16 bits per heavy atom. The summed E-state index contributed by atoms with van der Waals surface area (Å²) in [6.45, 7) is 7.13. The van der Waals surface area contributed by atoms with Gasteiger partial charge in [0.1, 0.15) is 5.75 Å². The third-order valence-corrected chi connectivity index (χ3v) is 2.92. The molecule has 19 heavy (non-hydrogen) atoms. The van der Waals surface area contributed by atoms with E-state index in [1.807, 2.05) is 13.0 Å². The molecular weight excluding hydrogens is 240 g/mol. The van der Waals surface area contributed by atoms with Crippen LogP contribution < -0.4 is 4.74 Å². The number of benzene rings is 1. The van der Waals surface area contributed by atoms with Crippen molar-refractivity contribution in [3.05, 3.63) is 29.3 Å². The van der Waals surface area contributed by atoms with Gasteiger partial charge in [-0.1, -0.05) is 17.7 Å². The zero-order valence-corrected chi connectivity index (χ0v) is 12.2. The lowest BCUT2D eigenvalue weighted by Gasteiger charge is -2.09. The maximum atomic E-state index is 11.1. The van der Waals surface area contributed by atoms with Crippen LogP contribution in [0.1, 0.15) is 43.7 Å². The third-order valence-electron chi connectivity index (χ3n) is 2.92. The fourth-order valence-electron chi connectivity index (χ4n) is 1.92. The van der Waals surface area contributed by atoms with Crippen molar-refractivity contribution in [2.24, 2.45) is 0 Å². The number of esters is 1. The maximum Gasteiger partial charge on any atom is 0.305 e. The first kappa shape index (κ1) is 15.5. The number of aryl methyl sites for hydroxylation is 2. The molecule has 0 heterocycles. The number of ether oxygens (including phenoxy) is 2. The van der Waals surface area contributed by atoms with E-state index in [0.717, 1.165) is 25.0 Å². The Kier molecular flexibility index (Phi) is 7.01. The number of unbranched alkanes of at least 4 members (excludes halogenated alkanes) is 2. The minimum absolute atomic E-state index is 0.0993. The standard InChI is InChI=1S/C16H24O3/c1-4-18-16(17)8-6-5-7-11-19-15-10-9-13(2)12-14(15)3/h9-10,12H,4-8,11H2,1-3H3. The van der Waals surface area contributed by atoms with Gasteiger partial charge < -0.3 is 9.47 Å². The summed E-state index contributed by atoms with van der Waals surface area (Å²) >= 11 is 0. The molecule has 1 aromatic rings. The summed E-state index contributed by atoms with van der Waals surface area (Å²) in [5, 5.41) is 0. The fraction of sp³-hybridized carbons (Fsp3) is 0.562. The van der Waals surface area contributed by atoms with Crippen molar-refractivity contribution < 1.29 is 14.3 Å². The normalized spacial score (nSPS) is 10.3. The molecule has 0 bridgehead atoms. The molecular formula is C16H24O3. The third kappa shape index (κ3) is 6.27. The van der Waals surface area contributed by atoms with E-state index in [0.29, 0.717) is 19.6 Å². The molecule has 0 aliphatic heterocycles. The smallest absolute Gasteiger partial charge is 0.305 e. The summed E-state index contributed by atoms with van der Waals surface area (Å²) in [5.41, 5.74) is 2.42. The molecule has 0 aromatic heterocycles. The van der Waals surface area contributed by atoms with Crippen molar-refractivity contribution in [2.45, 2.75) is 46.5 Å². The second-order valence-corrected chi connectivity index (χ2v) is 4.73. The van der Waals surface area contributed by atoms with E-state index in [1.54, 1.807) is 0 Å². The highest BCUT2D eigenvalue weighted by Crippen LogP contribution is 2.19. The first-order chi connectivity index (χ1) is 9.13. The number of carbonyl (C=O) groups is 1. The van der Waals surface area contributed by atoms with Gasteiger partial charge in [0.25, 0.3) is 0 Å². The van der Waals surface area contributed by atoms with E-state index < -0.39 is 0 Å². The van der Waals surface area contributed by atoms with Crippen molar-refractivity contribution in [3.63, 3.8) is 0 Å². The van der Waals surface area contributed by atoms with E-state index >= 15 is 0 Å². The summed E-state index contributed by atoms with van der Waals surface area (Å²) < 4.78 is 10.6. The molecule has 0 aliphatic carbocycles. The lowest BCUT2D eigenvalue weighted by molar-refractivity contribution is -0.143. The first-order valence-corrected chi connectivity index (χ1v) is 6.99. The van der Waals surface area contributed by atoms with Crippen LogP contribution in [0.15, 0.2) is 18.2 Å². The monoisotopic (exact) mass is 264 g/mol. The van der Waals surface area contributed by atoms with Gasteiger partial charge in [-0.15, -0.1) is 0 Å². The van der Waals surface area contributed by atoms with Gasteiger partial charge in [0.2, 0.25) is 0 Å². The van der Waals surface area contributed by atoms with E-state index in [1.165, 1.54) is 11.1 Å². The summed E-state index contributed by atoms with van der Waals surface area (Å²) in [4.78, 5) is 11.1. The average molecular weight is 264 g/mol. The van der Waals surface area contributed by atoms with Gasteiger partial charge in [-0.05, 0) is 51.7 Å². The van der Waals surface area contributed by atoms with Gasteiger partial charge in [0, 0.05) is 6.42 Å². The molecule has 0 fully saturated rings. The Morgan fingerprint density at radius 2 is 1.95 bits per heavy atom. The van der Waals surface area contributed by atoms with Gasteiger partial charge in [0.15, 0.2) is 0 Å². The number of rotatable bonds is 8. The number of carbonyl (C=O) groups excluding carboxylic acids is 1. The Bertz CT molecular complexity index is 399. The van der Waals surface area contributed by atoms with Crippen LogP contribution in [0.3, 0.4) is 0 Å². The van der Waals surface area contributed by atoms with Crippen molar-refractivity contribution in [1.82, 2.24) is 0 Å². The Balaban J connectivity index is 2.12. The zero-order chi connectivity index (χ0) is 14.1. The van der Waals surface area contributed by atoms with Crippen LogP contribution in [-0.2, 0) is 9.53 Å². The van der Waals surface area contributed by atoms with Crippen LogP contribution >= 0.6 is 0 Å². The first-order valence-electron chi connectivity index (χ1n) is 6.99. The SMILES string of the molecule is CCOC(=O)CCCCCOc1ccc(C)cc1C. The minimum Gasteiger partial charge on any atom is -0.493 e. The molecule has 0 spiro atoms. The molecule has 106 valence electrons. The zero-order valence-electron chi connectivity index (χ0n) is 12.2. The van der Waals surface area contributed by atoms with Crippen molar-refractivity contribution in [2.75, 3.05) is 13.2 Å². The molecule has 1 aromatic carbocycles. The molecule has 3 heteroatoms. The lowest BCUT2D eigenvalue weighted by Crippen LogP contribution is -2.04. The second-order valence-electron chi connectivity index (χ2n) is 4.73. The van der Waals surface area contributed by atoms with E-state index in [2.05, 4.69) is 26.0 Å². The summed E-state index contributed by atoms with van der Waals surface area (Å²) in [5.74, 6) is 0.855. The van der Waals surface area contributed by atoms with Gasteiger partial charge in [0.05, 0.1) is 13.2 Å². The quantitative estimate of drug-likeness (QED) is 0.529. The highest BCUT2D eigenvalue weighted by atomic mass is 16.5. The molecule has 0 aliphatic rings. The van der Waals surface area contributed by atoms with E-state index in [-0.39, 0.29) is 5.97 Å². The van der Waals surface area contributed by atoms with Crippen molar-refractivity contribution in [3.8, 4) is 5.75 Å². The highest BCUT2D eigenvalue weighted by Gasteiger charge is 2.02. The number of hydrogen-bond donors (Lipinski definition) is 0. The second kappa shape index (κ2) is 8.57. The lowest BCUT2D eigenvalue weighted by atomic mass is 10.1.